The molecule has 69 heavy (non-hydrogen) atoms. The van der Waals surface area contributed by atoms with Crippen molar-refractivity contribution in [3.05, 3.63) is 231 Å². The van der Waals surface area contributed by atoms with Crippen LogP contribution in [0, 0.1) is 0 Å². The number of hydrogen-bond donors (Lipinski definition) is 5. The summed E-state index contributed by atoms with van der Waals surface area (Å²) >= 11 is 1.64. The Labute approximate surface area is 409 Å². The highest BCUT2D eigenvalue weighted by Gasteiger charge is 2.72. The van der Waals surface area contributed by atoms with Crippen LogP contribution < -0.4 is 4.74 Å². The van der Waals surface area contributed by atoms with Crippen molar-refractivity contribution >= 4 is 17.4 Å². The summed E-state index contributed by atoms with van der Waals surface area (Å²) in [5.74, 6) is 0.137. The summed E-state index contributed by atoms with van der Waals surface area (Å²) in [7, 11) is 0. The van der Waals surface area contributed by atoms with Crippen LogP contribution in [-0.2, 0) is 36.8 Å². The Bertz CT molecular complexity index is 2700. The van der Waals surface area contributed by atoms with Crippen LogP contribution in [-0.4, -0.2) is 84.2 Å². The van der Waals surface area contributed by atoms with Crippen molar-refractivity contribution in [2.75, 3.05) is 13.2 Å². The molecule has 0 saturated carbocycles. The van der Waals surface area contributed by atoms with Crippen LogP contribution in [0.1, 0.15) is 76.6 Å². The van der Waals surface area contributed by atoms with Gasteiger partial charge in [0.15, 0.2) is 0 Å². The van der Waals surface area contributed by atoms with Crippen LogP contribution in [0.4, 0.5) is 4.79 Å². The number of thiophene rings is 1. The number of aliphatic hydroxyl groups is 4. The lowest BCUT2D eigenvalue weighted by atomic mass is 9.56. The number of rotatable bonds is 18. The van der Waals surface area contributed by atoms with Gasteiger partial charge in [-0.15, -0.1) is 11.3 Å². The molecular formula is C59H63NO8S. The molecule has 8 rings (SSSR count). The zero-order valence-electron chi connectivity index (χ0n) is 39.5. The predicted octanol–water partition coefficient (Wildman–Crippen LogP) is 10.2. The Kier molecular flexibility index (Phi) is 15.2. The summed E-state index contributed by atoms with van der Waals surface area (Å²) < 4.78 is 14.0. The molecule has 10 heteroatoms. The van der Waals surface area contributed by atoms with Crippen LogP contribution in [0.15, 0.2) is 187 Å². The van der Waals surface area contributed by atoms with E-state index in [-0.39, 0.29) is 44.8 Å². The highest BCUT2D eigenvalue weighted by molar-refractivity contribution is 7.10. The molecule has 0 bridgehead atoms. The molecular weight excluding hydrogens is 883 g/mol. The number of amides is 1. The van der Waals surface area contributed by atoms with Gasteiger partial charge in [-0.05, 0) is 84.2 Å². The van der Waals surface area contributed by atoms with Gasteiger partial charge in [-0.25, -0.2) is 4.79 Å². The summed E-state index contributed by atoms with van der Waals surface area (Å²) in [5, 5.41) is 67.6. The van der Waals surface area contributed by atoms with Crippen LogP contribution in [0.3, 0.4) is 0 Å². The SMILES string of the molecule is CC(C)(C)N(CCOc1ccc(C(Cc2ccccc2)c2cccs2)cc1[C@@H]1O[C@H](C(O)Cc2ccccc2)[C@](O)(Cc2ccccc2)[C@@](O)(Cc2ccccc2)[C@]1(O)Cc1ccccc1)C(=O)O. The molecule has 1 fully saturated rings. The van der Waals surface area contributed by atoms with Gasteiger partial charge in [-0.1, -0.05) is 164 Å². The average Bonchev–Trinajstić information content (AvgIpc) is 3.88. The highest BCUT2D eigenvalue weighted by atomic mass is 32.1. The van der Waals surface area contributed by atoms with Gasteiger partial charge in [-0.3, -0.25) is 0 Å². The molecule has 6 aromatic carbocycles. The zero-order valence-corrected chi connectivity index (χ0v) is 40.3. The Morgan fingerprint density at radius 1 is 0.652 bits per heavy atom. The van der Waals surface area contributed by atoms with Gasteiger partial charge in [0.1, 0.15) is 41.4 Å². The molecule has 0 radical (unpaired) electrons. The smallest absolute Gasteiger partial charge is 0.407 e. The number of benzene rings is 6. The number of carboxylic acid groups (broad SMARTS) is 1. The number of carbonyl (C=O) groups is 1. The van der Waals surface area contributed by atoms with Crippen LogP contribution in [0.5, 0.6) is 5.75 Å². The van der Waals surface area contributed by atoms with E-state index in [1.54, 1.807) is 11.3 Å². The van der Waals surface area contributed by atoms with E-state index in [2.05, 4.69) is 18.2 Å². The van der Waals surface area contributed by atoms with Gasteiger partial charge in [0.25, 0.3) is 0 Å². The molecule has 358 valence electrons. The summed E-state index contributed by atoms with van der Waals surface area (Å²) in [5.41, 5.74) is -2.69. The van der Waals surface area contributed by atoms with Crippen molar-refractivity contribution < 1.29 is 39.8 Å². The number of ether oxygens (including phenoxy) is 2. The van der Waals surface area contributed by atoms with E-state index in [4.69, 9.17) is 9.47 Å². The minimum atomic E-state index is -2.45. The van der Waals surface area contributed by atoms with Gasteiger partial charge in [0.2, 0.25) is 0 Å². The van der Waals surface area contributed by atoms with E-state index < -0.39 is 46.7 Å². The number of nitrogens with zero attached hydrogens (tertiary/aromatic N) is 1. The van der Waals surface area contributed by atoms with E-state index in [1.807, 2.05) is 190 Å². The van der Waals surface area contributed by atoms with E-state index in [1.165, 1.54) is 4.90 Å². The van der Waals surface area contributed by atoms with E-state index in [0.29, 0.717) is 34.4 Å². The fraction of sp³-hybridized carbons (Fsp3) is 0.305. The third kappa shape index (κ3) is 10.9. The lowest BCUT2D eigenvalue weighted by Gasteiger charge is -2.62. The summed E-state index contributed by atoms with van der Waals surface area (Å²) in [6, 6.07) is 57.6. The molecule has 0 spiro atoms. The van der Waals surface area contributed by atoms with E-state index in [0.717, 1.165) is 21.6 Å². The third-order valence-corrected chi connectivity index (χ3v) is 14.7. The Morgan fingerprint density at radius 3 is 1.64 bits per heavy atom. The maximum atomic E-state index is 14.3. The van der Waals surface area contributed by atoms with E-state index >= 15 is 0 Å². The van der Waals surface area contributed by atoms with Crippen LogP contribution in [0.25, 0.3) is 0 Å². The Balaban J connectivity index is 1.38. The summed E-state index contributed by atoms with van der Waals surface area (Å²) in [4.78, 5) is 15.0. The maximum absolute atomic E-state index is 14.3. The second kappa shape index (κ2) is 21.3. The molecule has 1 aliphatic heterocycles. The third-order valence-electron chi connectivity index (χ3n) is 13.7. The standard InChI is InChI=1S/C59H63NO8S/c1-56(2,3)60(55(62)63)33-34-67-51-32-31-47(48(52-30-19-35-69-52)36-42-20-9-4-10-21-42)38-49(51)53-57(64,39-44-24-13-6-14-25-44)59(66,41-46-28-17-8-18-29-46)58(65,40-45-26-15-7-16-27-45)54(68-53)50(61)37-43-22-11-5-12-23-43/h4-32,35,38,48,50,53-54,61,64-66H,33-34,36-37,39-41H2,1-3H3,(H,62,63)/t48?,50?,53-,54+,57-,58+,59+/m0/s1. The molecule has 2 unspecified atom stereocenters. The summed E-state index contributed by atoms with van der Waals surface area (Å²) in [6.07, 6.45) is -5.32. The molecule has 1 saturated heterocycles. The molecule has 1 amide bonds. The topological polar surface area (TPSA) is 140 Å². The number of aliphatic hydroxyl groups excluding tert-OH is 1. The quantitative estimate of drug-likeness (QED) is 0.0573. The maximum Gasteiger partial charge on any atom is 0.407 e. The molecule has 5 N–H and O–H groups in total. The molecule has 9 nitrogen and oxygen atoms in total. The highest BCUT2D eigenvalue weighted by Crippen LogP contribution is 2.57. The monoisotopic (exact) mass is 945 g/mol. The van der Waals surface area contributed by atoms with Gasteiger partial charge in [0, 0.05) is 47.6 Å². The van der Waals surface area contributed by atoms with Crippen LogP contribution in [0.2, 0.25) is 0 Å². The fourth-order valence-electron chi connectivity index (χ4n) is 10.2. The van der Waals surface area contributed by atoms with Crippen molar-refractivity contribution in [1.29, 1.82) is 0 Å². The first kappa shape index (κ1) is 49.3. The minimum Gasteiger partial charge on any atom is -0.491 e. The summed E-state index contributed by atoms with van der Waals surface area (Å²) in [6.45, 7) is 5.44. The Morgan fingerprint density at radius 2 is 1.14 bits per heavy atom. The average molecular weight is 946 g/mol. The minimum absolute atomic E-state index is 0.0266. The van der Waals surface area contributed by atoms with Crippen molar-refractivity contribution in [3.63, 3.8) is 0 Å². The van der Waals surface area contributed by atoms with Crippen molar-refractivity contribution in [2.24, 2.45) is 0 Å². The predicted molar refractivity (Wildman–Crippen MR) is 272 cm³/mol. The molecule has 1 aliphatic rings. The first-order chi connectivity index (χ1) is 33.2. The molecule has 2 heterocycles. The fourth-order valence-corrected chi connectivity index (χ4v) is 11.1. The lowest BCUT2D eigenvalue weighted by Crippen LogP contribution is -2.81. The largest absolute Gasteiger partial charge is 0.491 e. The van der Waals surface area contributed by atoms with Gasteiger partial charge >= 0.3 is 6.09 Å². The zero-order chi connectivity index (χ0) is 48.7. The molecule has 1 aromatic heterocycles. The molecule has 0 aliphatic carbocycles. The number of hydrogen-bond acceptors (Lipinski definition) is 8. The first-order valence-corrected chi connectivity index (χ1v) is 24.6. The van der Waals surface area contributed by atoms with Crippen molar-refractivity contribution in [2.45, 2.75) is 99.4 Å². The van der Waals surface area contributed by atoms with Gasteiger partial charge < -0.3 is 39.9 Å². The second-order valence-electron chi connectivity index (χ2n) is 19.4. The lowest BCUT2D eigenvalue weighted by molar-refractivity contribution is -0.368. The molecule has 7 atom stereocenters. The molecule has 7 aromatic rings. The van der Waals surface area contributed by atoms with Gasteiger partial charge in [-0.2, -0.15) is 0 Å². The normalized spacial score (nSPS) is 22.4. The van der Waals surface area contributed by atoms with Crippen LogP contribution >= 0.6 is 11.3 Å². The second-order valence-corrected chi connectivity index (χ2v) is 20.4. The first-order valence-electron chi connectivity index (χ1n) is 23.7. The van der Waals surface area contributed by atoms with Gasteiger partial charge in [0.05, 0.1) is 12.6 Å². The van der Waals surface area contributed by atoms with E-state index in [9.17, 15) is 30.3 Å². The van der Waals surface area contributed by atoms with Crippen molar-refractivity contribution in [3.8, 4) is 5.75 Å². The van der Waals surface area contributed by atoms with Crippen molar-refractivity contribution in [1.82, 2.24) is 4.90 Å². The Hall–Kier alpha value is -6.11.